The highest BCUT2D eigenvalue weighted by atomic mass is 19.2. The number of H-pyrrole nitrogens is 1. The molecule has 0 fully saturated rings. The zero-order valence-corrected chi connectivity index (χ0v) is 6.77. The van der Waals surface area contributed by atoms with E-state index in [9.17, 15) is 18.0 Å². The predicted octanol–water partition coefficient (Wildman–Crippen LogP) is 1.95. The van der Waals surface area contributed by atoms with Gasteiger partial charge in [0, 0.05) is 18.3 Å². The van der Waals surface area contributed by atoms with Crippen molar-refractivity contribution in [1.82, 2.24) is 4.98 Å². The standard InChI is InChI=1S/C9H4F3NO/c10-4-3-5-7(9(12)8(4)11)6(14)1-2-13-5/h1-3H,(H,13,14). The largest absolute Gasteiger partial charge is 0.361 e. The van der Waals surface area contributed by atoms with E-state index in [4.69, 9.17) is 0 Å². The first-order valence-corrected chi connectivity index (χ1v) is 3.76. The number of benzene rings is 1. The molecule has 0 bridgehead atoms. The first-order chi connectivity index (χ1) is 6.61. The van der Waals surface area contributed by atoms with Crippen molar-refractivity contribution in [3.8, 4) is 0 Å². The van der Waals surface area contributed by atoms with Crippen LogP contribution in [0.1, 0.15) is 0 Å². The van der Waals surface area contributed by atoms with Crippen LogP contribution in [-0.2, 0) is 0 Å². The summed E-state index contributed by atoms with van der Waals surface area (Å²) in [5.41, 5.74) is -0.746. The molecule has 72 valence electrons. The minimum Gasteiger partial charge on any atom is -0.361 e. The van der Waals surface area contributed by atoms with E-state index in [1.54, 1.807) is 0 Å². The number of rotatable bonds is 0. The summed E-state index contributed by atoms with van der Waals surface area (Å²) in [5, 5.41) is -0.466. The molecule has 0 aliphatic heterocycles. The van der Waals surface area contributed by atoms with Gasteiger partial charge >= 0.3 is 0 Å². The van der Waals surface area contributed by atoms with Crippen LogP contribution in [0.25, 0.3) is 10.9 Å². The van der Waals surface area contributed by atoms with Crippen molar-refractivity contribution >= 4 is 10.9 Å². The van der Waals surface area contributed by atoms with Gasteiger partial charge in [0.2, 0.25) is 0 Å². The maximum atomic E-state index is 13.1. The molecule has 0 spiro atoms. The number of hydrogen-bond donors (Lipinski definition) is 1. The number of halogens is 3. The van der Waals surface area contributed by atoms with Gasteiger partial charge in [-0.25, -0.2) is 13.2 Å². The molecule has 1 heterocycles. The fraction of sp³-hybridized carbons (Fsp3) is 0. The van der Waals surface area contributed by atoms with Crippen LogP contribution in [0.2, 0.25) is 0 Å². The van der Waals surface area contributed by atoms with Gasteiger partial charge in [0.15, 0.2) is 22.9 Å². The van der Waals surface area contributed by atoms with Crippen molar-refractivity contribution in [3.63, 3.8) is 0 Å². The highest BCUT2D eigenvalue weighted by Gasteiger charge is 2.15. The van der Waals surface area contributed by atoms with Crippen LogP contribution >= 0.6 is 0 Å². The molecule has 0 aliphatic carbocycles. The minimum absolute atomic E-state index is 0.0612. The smallest absolute Gasteiger partial charge is 0.195 e. The molecule has 1 aromatic carbocycles. The summed E-state index contributed by atoms with van der Waals surface area (Å²) in [6.07, 6.45) is 1.24. The first kappa shape index (κ1) is 8.80. The average molecular weight is 199 g/mol. The highest BCUT2D eigenvalue weighted by molar-refractivity contribution is 5.78. The molecule has 2 rings (SSSR count). The van der Waals surface area contributed by atoms with Gasteiger partial charge in [-0.2, -0.15) is 0 Å². The van der Waals surface area contributed by atoms with Crippen LogP contribution in [0.4, 0.5) is 13.2 Å². The number of fused-ring (bicyclic) bond motifs is 1. The molecule has 0 saturated heterocycles. The van der Waals surface area contributed by atoms with Crippen LogP contribution in [0.3, 0.4) is 0 Å². The Morgan fingerprint density at radius 2 is 1.86 bits per heavy atom. The molecule has 0 atom stereocenters. The van der Waals surface area contributed by atoms with Gasteiger partial charge in [-0.3, -0.25) is 4.79 Å². The van der Waals surface area contributed by atoms with E-state index in [1.807, 2.05) is 0 Å². The molecule has 0 unspecified atom stereocenters. The van der Waals surface area contributed by atoms with Gasteiger partial charge in [-0.15, -0.1) is 0 Å². The summed E-state index contributed by atoms with van der Waals surface area (Å²) in [6.45, 7) is 0. The molecule has 2 nitrogen and oxygen atoms in total. The molecular weight excluding hydrogens is 195 g/mol. The first-order valence-electron chi connectivity index (χ1n) is 3.76. The predicted molar refractivity (Wildman–Crippen MR) is 44.4 cm³/mol. The third-order valence-electron chi connectivity index (χ3n) is 1.88. The molecule has 0 saturated carbocycles. The SMILES string of the molecule is O=c1cc[nH]c2cc(F)c(F)c(F)c12. The van der Waals surface area contributed by atoms with Crippen LogP contribution < -0.4 is 5.43 Å². The lowest BCUT2D eigenvalue weighted by Gasteiger charge is -2.00. The molecule has 5 heteroatoms. The van der Waals surface area contributed by atoms with Crippen molar-refractivity contribution in [1.29, 1.82) is 0 Å². The Morgan fingerprint density at radius 3 is 2.57 bits per heavy atom. The Bertz CT molecular complexity index is 562. The quantitative estimate of drug-likeness (QED) is 0.646. The van der Waals surface area contributed by atoms with Gasteiger partial charge in [-0.1, -0.05) is 0 Å². The summed E-state index contributed by atoms with van der Waals surface area (Å²) < 4.78 is 38.5. The molecule has 0 radical (unpaired) electrons. The lowest BCUT2D eigenvalue weighted by Crippen LogP contribution is -2.05. The normalized spacial score (nSPS) is 10.8. The fourth-order valence-electron chi connectivity index (χ4n) is 1.24. The van der Waals surface area contributed by atoms with Crippen molar-refractivity contribution < 1.29 is 13.2 Å². The second-order valence-electron chi connectivity index (χ2n) is 2.75. The van der Waals surface area contributed by atoms with E-state index in [1.165, 1.54) is 6.20 Å². The molecule has 2 aromatic rings. The second-order valence-corrected chi connectivity index (χ2v) is 2.75. The maximum Gasteiger partial charge on any atom is 0.195 e. The zero-order chi connectivity index (χ0) is 10.3. The number of nitrogens with one attached hydrogen (secondary N) is 1. The lowest BCUT2D eigenvalue weighted by atomic mass is 10.2. The average Bonchev–Trinajstić information content (AvgIpc) is 2.14. The van der Waals surface area contributed by atoms with E-state index in [0.29, 0.717) is 0 Å². The Morgan fingerprint density at radius 1 is 1.14 bits per heavy atom. The molecule has 0 aliphatic rings. The Kier molecular flexibility index (Phi) is 1.80. The van der Waals surface area contributed by atoms with Crippen molar-refractivity contribution in [2.24, 2.45) is 0 Å². The van der Waals surface area contributed by atoms with Crippen molar-refractivity contribution in [2.45, 2.75) is 0 Å². The van der Waals surface area contributed by atoms with Crippen LogP contribution in [0.5, 0.6) is 0 Å². The molecule has 1 aromatic heterocycles. The fourth-order valence-corrected chi connectivity index (χ4v) is 1.24. The van der Waals surface area contributed by atoms with Gasteiger partial charge in [-0.05, 0) is 0 Å². The van der Waals surface area contributed by atoms with Crippen molar-refractivity contribution in [3.05, 3.63) is 46.0 Å². The van der Waals surface area contributed by atoms with Crippen molar-refractivity contribution in [2.75, 3.05) is 0 Å². The van der Waals surface area contributed by atoms with E-state index in [-0.39, 0.29) is 5.52 Å². The zero-order valence-electron chi connectivity index (χ0n) is 6.77. The second kappa shape index (κ2) is 2.87. The van der Waals surface area contributed by atoms with E-state index in [2.05, 4.69) is 4.98 Å². The van der Waals surface area contributed by atoms with Gasteiger partial charge in [0.05, 0.1) is 10.9 Å². The summed E-state index contributed by atoms with van der Waals surface area (Å²) in [4.78, 5) is 13.6. The Labute approximate surface area is 76.0 Å². The molecular formula is C9H4F3NO. The number of aromatic nitrogens is 1. The van der Waals surface area contributed by atoms with Gasteiger partial charge in [0.1, 0.15) is 0 Å². The molecule has 0 amide bonds. The van der Waals surface area contributed by atoms with E-state index >= 15 is 0 Å². The van der Waals surface area contributed by atoms with Gasteiger partial charge < -0.3 is 4.98 Å². The number of hydrogen-bond acceptors (Lipinski definition) is 1. The summed E-state index contributed by atoms with van der Waals surface area (Å²) in [7, 11) is 0. The maximum absolute atomic E-state index is 13.1. The Balaban J connectivity index is 3.07. The summed E-state index contributed by atoms with van der Waals surface area (Å²) >= 11 is 0. The van der Waals surface area contributed by atoms with Crippen LogP contribution in [0.15, 0.2) is 23.1 Å². The number of pyridine rings is 1. The molecule has 1 N–H and O–H groups in total. The highest BCUT2D eigenvalue weighted by Crippen LogP contribution is 2.18. The third kappa shape index (κ3) is 1.09. The van der Waals surface area contributed by atoms with Crippen LogP contribution in [0, 0.1) is 17.5 Å². The monoisotopic (exact) mass is 199 g/mol. The third-order valence-corrected chi connectivity index (χ3v) is 1.88. The van der Waals surface area contributed by atoms with Gasteiger partial charge in [0.25, 0.3) is 0 Å². The number of aromatic amines is 1. The summed E-state index contributed by atoms with van der Waals surface area (Å²) in [6, 6.07) is 1.79. The van der Waals surface area contributed by atoms with E-state index < -0.39 is 28.3 Å². The summed E-state index contributed by atoms with van der Waals surface area (Å²) in [5.74, 6) is -4.41. The van der Waals surface area contributed by atoms with Crippen LogP contribution in [-0.4, -0.2) is 4.98 Å². The Hall–Kier alpha value is -1.78. The topological polar surface area (TPSA) is 32.9 Å². The van der Waals surface area contributed by atoms with E-state index in [0.717, 1.165) is 12.1 Å². The minimum atomic E-state index is -1.63. The lowest BCUT2D eigenvalue weighted by molar-refractivity contribution is 0.453. The molecule has 14 heavy (non-hydrogen) atoms.